The highest BCUT2D eigenvalue weighted by Crippen LogP contribution is 2.34. The van der Waals surface area contributed by atoms with E-state index in [4.69, 9.17) is 14.3 Å². The minimum atomic E-state index is -0.391. The van der Waals surface area contributed by atoms with Gasteiger partial charge in [-0.05, 0) is 71.1 Å². The molecule has 0 spiro atoms. The predicted octanol–water partition coefficient (Wildman–Crippen LogP) is 8.77. The van der Waals surface area contributed by atoms with Crippen LogP contribution in [0.15, 0.2) is 23.8 Å². The number of rotatable bonds is 7. The Morgan fingerprint density at radius 1 is 0.921 bits per heavy atom. The molecule has 1 N–H and O–H groups in total. The Bertz CT molecular complexity index is 570. The number of ether oxygens (including phenoxy) is 2. The summed E-state index contributed by atoms with van der Waals surface area (Å²) in [6.45, 7) is 27.9. The standard InChI is InChI=1S/C23H38O4.C2H4O.4C2H6/c1-15(6-10-22-16(2)8-9-17(3)26-22)7-11-23-18(4)21(19(5)25)14-20(27-23)12-13-24;1-2-3;4*1-2/h6-7,11,13,16-23,25H,8-10,12,14H2,1-5H3;2H,1H3;4*1-2H3/b11-7+,15-6+;;;;;/t16-,17+,18-,19?,20+,21?,22-,23?;;;;;/m0...../s1. The Kier molecular flexibility index (Phi) is 34.8. The van der Waals surface area contributed by atoms with Crippen LogP contribution in [-0.2, 0) is 19.1 Å². The van der Waals surface area contributed by atoms with E-state index in [0.717, 1.165) is 31.8 Å². The predicted molar refractivity (Wildman–Crippen MR) is 166 cm³/mol. The van der Waals surface area contributed by atoms with Crippen LogP contribution >= 0.6 is 0 Å². The fraction of sp³-hybridized carbons (Fsp3) is 0.818. The lowest BCUT2D eigenvalue weighted by molar-refractivity contribution is -0.124. The van der Waals surface area contributed by atoms with Gasteiger partial charge in [0.2, 0.25) is 0 Å². The van der Waals surface area contributed by atoms with Gasteiger partial charge in [0, 0.05) is 6.42 Å². The third-order valence-electron chi connectivity index (χ3n) is 6.35. The summed E-state index contributed by atoms with van der Waals surface area (Å²) in [6, 6.07) is 0. The van der Waals surface area contributed by atoms with E-state index in [1.165, 1.54) is 18.9 Å². The summed E-state index contributed by atoms with van der Waals surface area (Å²) in [5, 5.41) is 10.1. The largest absolute Gasteiger partial charge is 0.393 e. The highest BCUT2D eigenvalue weighted by Gasteiger charge is 2.36. The van der Waals surface area contributed by atoms with Crippen LogP contribution in [-0.4, -0.2) is 48.2 Å². The van der Waals surface area contributed by atoms with Gasteiger partial charge in [-0.2, -0.15) is 0 Å². The summed E-state index contributed by atoms with van der Waals surface area (Å²) < 4.78 is 12.2. The first-order chi connectivity index (χ1) is 18.2. The highest BCUT2D eigenvalue weighted by atomic mass is 16.5. The number of aliphatic hydroxyl groups excluding tert-OH is 1. The van der Waals surface area contributed by atoms with Crippen molar-refractivity contribution in [1.82, 2.24) is 0 Å². The van der Waals surface area contributed by atoms with Crippen LogP contribution in [0, 0.1) is 17.8 Å². The molecule has 2 aliphatic rings. The average molecular weight is 543 g/mol. The van der Waals surface area contributed by atoms with Crippen molar-refractivity contribution in [2.75, 3.05) is 0 Å². The van der Waals surface area contributed by atoms with Crippen LogP contribution in [0.2, 0.25) is 0 Å². The van der Waals surface area contributed by atoms with Crippen LogP contribution in [0.5, 0.6) is 0 Å². The van der Waals surface area contributed by atoms with E-state index >= 15 is 0 Å². The summed E-state index contributed by atoms with van der Waals surface area (Å²) in [6.07, 6.45) is 12.7. The minimum Gasteiger partial charge on any atom is -0.393 e. The van der Waals surface area contributed by atoms with Crippen LogP contribution < -0.4 is 0 Å². The molecule has 5 heteroatoms. The molecule has 8 atom stereocenters. The van der Waals surface area contributed by atoms with Gasteiger partial charge in [0.05, 0.1) is 30.5 Å². The Morgan fingerprint density at radius 2 is 1.45 bits per heavy atom. The maximum absolute atomic E-state index is 10.9. The lowest BCUT2D eigenvalue weighted by atomic mass is 9.78. The molecular formula is C33H66O5. The van der Waals surface area contributed by atoms with Crippen LogP contribution in [0.1, 0.15) is 129 Å². The monoisotopic (exact) mass is 542 g/mol. The molecule has 0 aliphatic carbocycles. The number of hydrogen-bond donors (Lipinski definition) is 1. The lowest BCUT2D eigenvalue weighted by Gasteiger charge is -2.40. The van der Waals surface area contributed by atoms with Crippen molar-refractivity contribution >= 4 is 12.6 Å². The Balaban J connectivity index is -0.000000461. The van der Waals surface area contributed by atoms with E-state index in [-0.39, 0.29) is 24.0 Å². The third kappa shape index (κ3) is 19.7. The maximum atomic E-state index is 10.9. The van der Waals surface area contributed by atoms with Crippen molar-refractivity contribution in [2.24, 2.45) is 17.8 Å². The molecule has 2 saturated heterocycles. The molecule has 0 aromatic rings. The van der Waals surface area contributed by atoms with E-state index in [1.807, 2.05) is 62.3 Å². The van der Waals surface area contributed by atoms with Gasteiger partial charge in [0.15, 0.2) is 0 Å². The van der Waals surface area contributed by atoms with E-state index in [1.54, 1.807) is 0 Å². The molecule has 2 aliphatic heterocycles. The lowest BCUT2D eigenvalue weighted by Crippen LogP contribution is -2.43. The number of aldehydes is 2. The zero-order valence-electron chi connectivity index (χ0n) is 27.6. The number of carbonyl (C=O) groups excluding carboxylic acids is 2. The van der Waals surface area contributed by atoms with Crippen LogP contribution in [0.25, 0.3) is 0 Å². The Morgan fingerprint density at radius 3 is 1.92 bits per heavy atom. The summed E-state index contributed by atoms with van der Waals surface area (Å²) in [5.74, 6) is 0.979. The summed E-state index contributed by atoms with van der Waals surface area (Å²) >= 11 is 0. The SMILES string of the molecule is CC.CC.CC.CC.CC(/C=C/C1O[C@H](CC=O)CC(C(C)O)[C@@H]1C)=C\C[C@@H]1O[C@H](C)CC[C@@H]1C.CC=O. The molecule has 0 saturated carbocycles. The number of allylic oxidation sites excluding steroid dienone is 2. The van der Waals surface area contributed by atoms with E-state index in [9.17, 15) is 9.90 Å². The average Bonchev–Trinajstić information content (AvgIpc) is 2.94. The first kappa shape index (κ1) is 43.7. The van der Waals surface area contributed by atoms with Gasteiger partial charge in [-0.25, -0.2) is 0 Å². The van der Waals surface area contributed by atoms with Crippen molar-refractivity contribution in [3.63, 3.8) is 0 Å². The first-order valence-electron chi connectivity index (χ1n) is 15.4. The molecular weight excluding hydrogens is 476 g/mol. The van der Waals surface area contributed by atoms with Crippen molar-refractivity contribution in [2.45, 2.75) is 160 Å². The molecule has 2 heterocycles. The quantitative estimate of drug-likeness (QED) is 0.257. The van der Waals surface area contributed by atoms with Gasteiger partial charge in [-0.3, -0.25) is 0 Å². The van der Waals surface area contributed by atoms with Gasteiger partial charge in [0.25, 0.3) is 0 Å². The first-order valence-corrected chi connectivity index (χ1v) is 15.4. The third-order valence-corrected chi connectivity index (χ3v) is 6.35. The van der Waals surface area contributed by atoms with Gasteiger partial charge in [0.1, 0.15) is 12.6 Å². The van der Waals surface area contributed by atoms with E-state index < -0.39 is 6.10 Å². The zero-order chi connectivity index (χ0) is 30.7. The summed E-state index contributed by atoms with van der Waals surface area (Å²) in [4.78, 5) is 19.7. The topological polar surface area (TPSA) is 72.8 Å². The molecule has 5 nitrogen and oxygen atoms in total. The van der Waals surface area contributed by atoms with Gasteiger partial charge in [-0.15, -0.1) is 0 Å². The molecule has 0 bridgehead atoms. The van der Waals surface area contributed by atoms with Crippen molar-refractivity contribution in [3.8, 4) is 0 Å². The van der Waals surface area contributed by atoms with Crippen molar-refractivity contribution < 1.29 is 24.2 Å². The molecule has 2 fully saturated rings. The van der Waals surface area contributed by atoms with Gasteiger partial charge in [-0.1, -0.05) is 93.0 Å². The van der Waals surface area contributed by atoms with Crippen molar-refractivity contribution in [1.29, 1.82) is 0 Å². The number of hydrogen-bond acceptors (Lipinski definition) is 5. The molecule has 0 aromatic heterocycles. The molecule has 228 valence electrons. The fourth-order valence-electron chi connectivity index (χ4n) is 4.37. The molecule has 38 heavy (non-hydrogen) atoms. The summed E-state index contributed by atoms with van der Waals surface area (Å²) in [7, 11) is 0. The molecule has 0 aromatic carbocycles. The van der Waals surface area contributed by atoms with Gasteiger partial charge < -0.3 is 24.2 Å². The smallest absolute Gasteiger partial charge is 0.122 e. The Labute approximate surface area is 237 Å². The molecule has 3 unspecified atom stereocenters. The van der Waals surface area contributed by atoms with Crippen LogP contribution in [0.4, 0.5) is 0 Å². The second-order valence-electron chi connectivity index (χ2n) is 8.94. The summed E-state index contributed by atoms with van der Waals surface area (Å²) in [5.41, 5.74) is 1.20. The number of carbonyl (C=O) groups is 2. The van der Waals surface area contributed by atoms with Crippen LogP contribution in [0.3, 0.4) is 0 Å². The highest BCUT2D eigenvalue weighted by molar-refractivity contribution is 5.50. The zero-order valence-corrected chi connectivity index (χ0v) is 27.6. The second-order valence-corrected chi connectivity index (χ2v) is 8.94. The molecule has 0 amide bonds. The maximum Gasteiger partial charge on any atom is 0.122 e. The normalized spacial score (nSPS) is 29.0. The molecule has 0 radical (unpaired) electrons. The Hall–Kier alpha value is -1.30. The number of aliphatic hydroxyl groups is 1. The van der Waals surface area contributed by atoms with Gasteiger partial charge >= 0.3 is 0 Å². The minimum absolute atomic E-state index is 0.0727. The van der Waals surface area contributed by atoms with E-state index in [2.05, 4.69) is 45.9 Å². The van der Waals surface area contributed by atoms with Crippen molar-refractivity contribution in [3.05, 3.63) is 23.8 Å². The molecule has 2 rings (SSSR count). The fourth-order valence-corrected chi connectivity index (χ4v) is 4.37. The second kappa shape index (κ2) is 30.2. The van der Waals surface area contributed by atoms with E-state index in [0.29, 0.717) is 24.5 Å².